The zero-order valence-electron chi connectivity index (χ0n) is 14.5. The van der Waals surface area contributed by atoms with Crippen LogP contribution in [0.5, 0.6) is 0 Å². The number of hydrogen-bond acceptors (Lipinski definition) is 20. The van der Waals surface area contributed by atoms with E-state index in [1.807, 2.05) is 0 Å². The summed E-state index contributed by atoms with van der Waals surface area (Å²) in [5.74, 6) is 0. The van der Waals surface area contributed by atoms with Gasteiger partial charge in [-0.3, -0.25) is 33.7 Å². The molecule has 0 saturated carbocycles. The van der Waals surface area contributed by atoms with Crippen molar-refractivity contribution in [2.24, 2.45) is 0 Å². The molecule has 211 valence electrons. The van der Waals surface area contributed by atoms with Crippen LogP contribution >= 0.6 is 0 Å². The van der Waals surface area contributed by atoms with Crippen LogP contribution in [0.15, 0.2) is 0 Å². The Bertz CT molecular complexity index is 498. The fraction of sp³-hybridized carbons (Fsp3) is 0. The molecule has 0 rings (SSSR count). The van der Waals surface area contributed by atoms with E-state index in [2.05, 4.69) is 0 Å². The van der Waals surface area contributed by atoms with Gasteiger partial charge in [0.05, 0.1) is 0 Å². The maximum Gasteiger partial charge on any atom is 2.00 e. The standard InChI is InChI=1S/3Ca.3Cu.4H2O4S.7H2O/c;;;;;;4*1-5(2,3)4;;;;;;;/h;;;;;;4*(H2,1,2,3,4);7*1H2/q6*+2;;;;;;;;;;;/p-12. The summed E-state index contributed by atoms with van der Waals surface area (Å²) in [6, 6.07) is 0. The quantitative estimate of drug-likeness (QED) is 0.124. The van der Waals surface area contributed by atoms with Crippen LogP contribution < -0.4 is 0 Å². The van der Waals surface area contributed by atoms with Gasteiger partial charge in [0.25, 0.3) is 0 Å². The maximum absolute atomic E-state index is 8.52. The first-order chi connectivity index (χ1) is 8.00. The van der Waals surface area contributed by atoms with E-state index in [0.717, 1.165) is 0 Å². The Labute approximate surface area is 308 Å². The van der Waals surface area contributed by atoms with Crippen molar-refractivity contribution >= 4 is 155 Å². The minimum absolute atomic E-state index is 0. The van der Waals surface area contributed by atoms with Gasteiger partial charge < -0.3 is 74.8 Å². The number of rotatable bonds is 0. The van der Waals surface area contributed by atoms with Crippen molar-refractivity contribution in [1.82, 2.24) is 0 Å². The van der Waals surface area contributed by atoms with E-state index in [1.54, 1.807) is 0 Å². The molecule has 0 aliphatic rings. The Balaban J connectivity index is -0.00000000610. The summed E-state index contributed by atoms with van der Waals surface area (Å²) in [5, 5.41) is 0. The molecule has 33 heavy (non-hydrogen) atoms. The second-order valence-corrected chi connectivity index (χ2v) is 4.90. The first kappa shape index (κ1) is 119. The van der Waals surface area contributed by atoms with E-state index in [0.29, 0.717) is 0 Å². The second-order valence-electron chi connectivity index (χ2n) is 1.63. The fourth-order valence-electron chi connectivity index (χ4n) is 0. The molecule has 0 atom stereocenters. The monoisotopic (exact) mass is 815 g/mol. The minimum atomic E-state index is -5.17. The van der Waals surface area contributed by atoms with Crippen LogP contribution in [0, 0.1) is 0 Å². The third-order valence-corrected chi connectivity index (χ3v) is 0. The molecule has 0 unspecified atom stereocenters. The summed E-state index contributed by atoms with van der Waals surface area (Å²) in [6.45, 7) is 0. The van der Waals surface area contributed by atoms with Crippen molar-refractivity contribution in [2.45, 2.75) is 0 Å². The third kappa shape index (κ3) is 2120. The molecular weight excluding hydrogens is 807 g/mol. The van der Waals surface area contributed by atoms with Gasteiger partial charge in [-0.05, 0) is 0 Å². The summed E-state index contributed by atoms with van der Waals surface area (Å²) in [6.07, 6.45) is 0. The third-order valence-electron chi connectivity index (χ3n) is 0. The summed E-state index contributed by atoms with van der Waals surface area (Å²) >= 11 is 0. The first-order valence-corrected chi connectivity index (χ1v) is 8.00. The zero-order chi connectivity index (χ0) is 18.0. The SMILES string of the molecule is O.O.O.O=S(=O)([O-])[O-].O=S(=O)([O-])[O-].O=S(=O)([O-])[O-].O=S(=O)([O-])[O-].[Ca+2].[Ca+2].[Ca+2].[Cu+2].[Cu+2].[Cu+2].[OH-].[OH-].[OH-].[OH-]. The smallest absolute Gasteiger partial charge is 0.870 e. The van der Waals surface area contributed by atoms with E-state index in [4.69, 9.17) is 70.1 Å². The molecule has 0 amide bonds. The molecule has 0 aromatic heterocycles. The van der Waals surface area contributed by atoms with Gasteiger partial charge in [-0.2, -0.15) is 0 Å². The van der Waals surface area contributed by atoms with Crippen LogP contribution in [0.2, 0.25) is 0 Å². The Morgan fingerprint density at radius 2 is 0.303 bits per heavy atom. The Morgan fingerprint density at radius 3 is 0.303 bits per heavy atom. The topological polar surface area (TPSA) is 536 Å². The van der Waals surface area contributed by atoms with E-state index in [1.165, 1.54) is 0 Å². The van der Waals surface area contributed by atoms with Gasteiger partial charge in [0, 0.05) is 41.6 Å². The molecular formula is H10Ca3Cu3O23S4. The van der Waals surface area contributed by atoms with E-state index >= 15 is 0 Å². The van der Waals surface area contributed by atoms with E-state index in [-0.39, 0.29) is 203 Å². The van der Waals surface area contributed by atoms with Crippen molar-refractivity contribution in [3.8, 4) is 0 Å². The van der Waals surface area contributed by atoms with Gasteiger partial charge in [0.15, 0.2) is 0 Å². The van der Waals surface area contributed by atoms with Crippen LogP contribution in [-0.2, 0) is 92.8 Å². The molecule has 0 bridgehead atoms. The summed E-state index contributed by atoms with van der Waals surface area (Å²) < 4.78 is 136. The van der Waals surface area contributed by atoms with E-state index < -0.39 is 41.6 Å². The van der Waals surface area contributed by atoms with Crippen molar-refractivity contribution in [1.29, 1.82) is 0 Å². The second kappa shape index (κ2) is 56.7. The van der Waals surface area contributed by atoms with Crippen molar-refractivity contribution in [3.05, 3.63) is 0 Å². The average Bonchev–Trinajstić information content (AvgIpc) is 1.62. The predicted octanol–water partition coefficient (Wildman–Crippen LogP) is -9.68. The van der Waals surface area contributed by atoms with Crippen molar-refractivity contribution < 1.29 is 160 Å². The number of hydrogen-bond donors (Lipinski definition) is 0. The van der Waals surface area contributed by atoms with Crippen LogP contribution in [0.1, 0.15) is 0 Å². The van der Waals surface area contributed by atoms with Crippen LogP contribution in [0.4, 0.5) is 0 Å². The molecule has 0 heterocycles. The van der Waals surface area contributed by atoms with E-state index in [9.17, 15) is 0 Å². The van der Waals surface area contributed by atoms with Gasteiger partial charge in [-0.15, -0.1) is 0 Å². The van der Waals surface area contributed by atoms with Gasteiger partial charge >= 0.3 is 164 Å². The molecule has 0 spiro atoms. The van der Waals surface area contributed by atoms with Crippen molar-refractivity contribution in [2.75, 3.05) is 0 Å². The zero-order valence-corrected chi connectivity index (χ0v) is 27.2. The summed E-state index contributed by atoms with van der Waals surface area (Å²) in [7, 11) is -20.7. The van der Waals surface area contributed by atoms with Gasteiger partial charge in [-0.25, -0.2) is 0 Å². The van der Waals surface area contributed by atoms with Crippen LogP contribution in [-0.4, -0.2) is 222 Å². The maximum atomic E-state index is 8.52. The summed E-state index contributed by atoms with van der Waals surface area (Å²) in [5.41, 5.74) is 0. The molecule has 33 heteroatoms. The largest absolute Gasteiger partial charge is 2.00 e. The van der Waals surface area contributed by atoms with Crippen LogP contribution in [0.3, 0.4) is 0 Å². The Hall–Kier alpha value is 4.54. The van der Waals surface area contributed by atoms with Gasteiger partial charge in [-0.1, -0.05) is 0 Å². The molecule has 0 aliphatic heterocycles. The molecule has 0 fully saturated rings. The molecule has 0 aromatic rings. The van der Waals surface area contributed by atoms with Gasteiger partial charge in [0.1, 0.15) is 0 Å². The molecule has 0 aliphatic carbocycles. The molecule has 0 saturated heterocycles. The minimum Gasteiger partial charge on any atom is -0.870 e. The molecule has 10 N–H and O–H groups in total. The predicted molar refractivity (Wildman–Crippen MR) is 77.7 cm³/mol. The fourth-order valence-corrected chi connectivity index (χ4v) is 0. The molecule has 0 aromatic carbocycles. The Kier molecular flexibility index (Phi) is 204. The molecule has 23 nitrogen and oxygen atoms in total. The van der Waals surface area contributed by atoms with Crippen molar-refractivity contribution in [3.63, 3.8) is 0 Å². The summed E-state index contributed by atoms with van der Waals surface area (Å²) in [4.78, 5) is 0. The van der Waals surface area contributed by atoms with Crippen LogP contribution in [0.25, 0.3) is 0 Å². The molecule has 3 radical (unpaired) electrons. The average molecular weight is 817 g/mol. The first-order valence-electron chi connectivity index (χ1n) is 2.67. The normalized spacial score (nSPS) is 7.03. The van der Waals surface area contributed by atoms with Gasteiger partial charge in [0.2, 0.25) is 0 Å². The Morgan fingerprint density at radius 1 is 0.303 bits per heavy atom.